The Balaban J connectivity index is 1.41. The molecule has 33 heavy (non-hydrogen) atoms. The highest BCUT2D eigenvalue weighted by Crippen LogP contribution is 2.56. The molecule has 3 aromatic rings. The van der Waals surface area contributed by atoms with Crippen molar-refractivity contribution in [3.63, 3.8) is 0 Å². The molecular weight excluding hydrogens is 443 g/mol. The summed E-state index contributed by atoms with van der Waals surface area (Å²) in [4.78, 5) is 13.2. The van der Waals surface area contributed by atoms with E-state index >= 15 is 0 Å². The molecule has 0 bridgehead atoms. The number of carbonyl (C=O) groups is 1. The van der Waals surface area contributed by atoms with E-state index in [4.69, 9.17) is 17.3 Å². The Kier molecular flexibility index (Phi) is 5.62. The van der Waals surface area contributed by atoms with E-state index in [9.17, 15) is 14.3 Å². The van der Waals surface area contributed by atoms with E-state index in [1.54, 1.807) is 7.05 Å². The molecule has 0 spiro atoms. The lowest BCUT2D eigenvalue weighted by atomic mass is 9.84. The van der Waals surface area contributed by atoms with Crippen molar-refractivity contribution in [1.82, 2.24) is 9.78 Å². The standard InChI is InChI=1S/C25H26ClFN4O2/c1-31-24(28)22(25(33)29-16-7-8-19(27)18(26)12-16)23(30-31)15-9-14-11-20(32)21(17(14)10-15)13-5-3-2-4-6-13/h2-8,12,14-15,17,20-21,32H,9-11,28H2,1H3,(H,29,33)/t14-,15-,17-,20-,21+/m1/s1. The zero-order valence-corrected chi connectivity index (χ0v) is 19.0. The van der Waals surface area contributed by atoms with Crippen LogP contribution in [0.3, 0.4) is 0 Å². The van der Waals surface area contributed by atoms with E-state index < -0.39 is 11.7 Å². The summed E-state index contributed by atoms with van der Waals surface area (Å²) in [5.41, 5.74) is 8.82. The molecule has 1 amide bonds. The van der Waals surface area contributed by atoms with Gasteiger partial charge in [-0.15, -0.1) is 0 Å². The maximum absolute atomic E-state index is 13.5. The van der Waals surface area contributed by atoms with Crippen LogP contribution in [0.25, 0.3) is 0 Å². The average Bonchev–Trinajstić information content (AvgIpc) is 3.41. The highest BCUT2D eigenvalue weighted by atomic mass is 35.5. The summed E-state index contributed by atoms with van der Waals surface area (Å²) in [5, 5.41) is 18.1. The Morgan fingerprint density at radius 2 is 1.97 bits per heavy atom. The number of aliphatic hydroxyl groups is 1. The first kappa shape index (κ1) is 21.9. The number of aliphatic hydroxyl groups excluding tert-OH is 1. The fraction of sp³-hybridized carbons (Fsp3) is 0.360. The van der Waals surface area contributed by atoms with Gasteiger partial charge in [-0.3, -0.25) is 9.48 Å². The molecule has 172 valence electrons. The van der Waals surface area contributed by atoms with Gasteiger partial charge in [-0.1, -0.05) is 41.9 Å². The quantitative estimate of drug-likeness (QED) is 0.517. The minimum atomic E-state index is -0.552. The van der Waals surface area contributed by atoms with Crippen molar-refractivity contribution >= 4 is 29.0 Å². The topological polar surface area (TPSA) is 93.2 Å². The van der Waals surface area contributed by atoms with Gasteiger partial charge in [0.2, 0.25) is 0 Å². The Hall–Kier alpha value is -2.90. The smallest absolute Gasteiger partial charge is 0.261 e. The lowest BCUT2D eigenvalue weighted by Gasteiger charge is -2.22. The molecule has 1 aromatic heterocycles. The van der Waals surface area contributed by atoms with Crippen LogP contribution in [0, 0.1) is 17.7 Å². The van der Waals surface area contributed by atoms with Gasteiger partial charge in [0.25, 0.3) is 5.91 Å². The number of benzene rings is 2. The first-order valence-corrected chi connectivity index (χ1v) is 11.5. The van der Waals surface area contributed by atoms with Crippen LogP contribution >= 0.6 is 11.6 Å². The third-order valence-corrected chi connectivity index (χ3v) is 7.55. The molecule has 4 N–H and O–H groups in total. The summed E-state index contributed by atoms with van der Waals surface area (Å²) in [6, 6.07) is 14.2. The fourth-order valence-corrected chi connectivity index (χ4v) is 6.00. The number of hydrogen-bond acceptors (Lipinski definition) is 4. The SMILES string of the molecule is Cn1nc([C@@H]2C[C@@H]3C[C@@H](O)[C@@H](c4ccccc4)[C@@H]3C2)c(C(=O)Nc2ccc(F)c(Cl)c2)c1N. The molecule has 5 rings (SSSR count). The number of nitrogens with two attached hydrogens (primary N) is 1. The Morgan fingerprint density at radius 3 is 2.70 bits per heavy atom. The summed E-state index contributed by atoms with van der Waals surface area (Å²) < 4.78 is 15.0. The maximum Gasteiger partial charge on any atom is 0.261 e. The highest BCUT2D eigenvalue weighted by Gasteiger charge is 2.49. The molecule has 2 aliphatic carbocycles. The normalized spacial score (nSPS) is 26.4. The lowest BCUT2D eigenvalue weighted by Crippen LogP contribution is -2.19. The number of nitrogen functional groups attached to an aromatic ring is 1. The predicted molar refractivity (Wildman–Crippen MR) is 126 cm³/mol. The van der Waals surface area contributed by atoms with E-state index in [0.717, 1.165) is 24.8 Å². The van der Waals surface area contributed by atoms with Gasteiger partial charge in [-0.25, -0.2) is 4.39 Å². The van der Waals surface area contributed by atoms with Crippen LogP contribution in [0.1, 0.15) is 52.7 Å². The van der Waals surface area contributed by atoms with Gasteiger partial charge in [0.15, 0.2) is 0 Å². The van der Waals surface area contributed by atoms with Crippen molar-refractivity contribution in [3.05, 3.63) is 76.2 Å². The maximum atomic E-state index is 13.5. The van der Waals surface area contributed by atoms with Gasteiger partial charge in [0, 0.05) is 24.6 Å². The van der Waals surface area contributed by atoms with Gasteiger partial charge in [0.05, 0.1) is 16.8 Å². The van der Waals surface area contributed by atoms with Gasteiger partial charge in [-0.05, 0) is 54.9 Å². The summed E-state index contributed by atoms with van der Waals surface area (Å²) in [7, 11) is 1.72. The molecule has 2 aromatic carbocycles. The van der Waals surface area contributed by atoms with E-state index in [0.29, 0.717) is 28.8 Å². The van der Waals surface area contributed by atoms with Crippen LogP contribution in [0.2, 0.25) is 5.02 Å². The highest BCUT2D eigenvalue weighted by molar-refractivity contribution is 6.31. The van der Waals surface area contributed by atoms with Crippen molar-refractivity contribution in [1.29, 1.82) is 0 Å². The third kappa shape index (κ3) is 3.89. The number of carbonyl (C=O) groups excluding carboxylic acids is 1. The number of aryl methyl sites for hydroxylation is 1. The van der Waals surface area contributed by atoms with Crippen LogP contribution in [0.15, 0.2) is 48.5 Å². The molecule has 8 heteroatoms. The van der Waals surface area contributed by atoms with E-state index in [2.05, 4.69) is 22.5 Å². The summed E-state index contributed by atoms with van der Waals surface area (Å²) in [6.45, 7) is 0. The van der Waals surface area contributed by atoms with Crippen molar-refractivity contribution in [2.45, 2.75) is 37.2 Å². The number of hydrogen-bond donors (Lipinski definition) is 3. The summed E-state index contributed by atoms with van der Waals surface area (Å²) in [6.07, 6.45) is 2.08. The average molecular weight is 469 g/mol. The molecule has 0 aliphatic heterocycles. The van der Waals surface area contributed by atoms with Gasteiger partial charge < -0.3 is 16.2 Å². The predicted octanol–water partition coefficient (Wildman–Crippen LogP) is 4.71. The largest absolute Gasteiger partial charge is 0.392 e. The molecule has 2 fully saturated rings. The van der Waals surface area contributed by atoms with Gasteiger partial charge in [0.1, 0.15) is 17.2 Å². The number of halogens is 2. The molecule has 1 heterocycles. The molecule has 5 atom stereocenters. The summed E-state index contributed by atoms with van der Waals surface area (Å²) >= 11 is 5.86. The van der Waals surface area contributed by atoms with Crippen molar-refractivity contribution in [2.24, 2.45) is 18.9 Å². The second kappa shape index (κ2) is 8.47. The first-order valence-electron chi connectivity index (χ1n) is 11.1. The van der Waals surface area contributed by atoms with E-state index in [1.807, 2.05) is 18.2 Å². The minimum Gasteiger partial charge on any atom is -0.392 e. The number of anilines is 2. The second-order valence-corrected chi connectivity index (χ2v) is 9.59. The van der Waals surface area contributed by atoms with Crippen LogP contribution in [0.5, 0.6) is 0 Å². The van der Waals surface area contributed by atoms with Crippen molar-refractivity contribution in [3.8, 4) is 0 Å². The lowest BCUT2D eigenvalue weighted by molar-refractivity contribution is 0.102. The Labute approximate surface area is 196 Å². The molecule has 0 radical (unpaired) electrons. The van der Waals surface area contributed by atoms with Gasteiger partial charge >= 0.3 is 0 Å². The molecule has 2 aliphatic rings. The van der Waals surface area contributed by atoms with Gasteiger partial charge in [-0.2, -0.15) is 5.10 Å². The molecule has 0 unspecified atom stereocenters. The Bertz CT molecular complexity index is 1200. The molecule has 0 saturated heterocycles. The van der Waals surface area contributed by atoms with Crippen LogP contribution in [0.4, 0.5) is 15.9 Å². The molecular formula is C25H26ClFN4O2. The Morgan fingerprint density at radius 1 is 1.21 bits per heavy atom. The monoisotopic (exact) mass is 468 g/mol. The van der Waals surface area contributed by atoms with E-state index in [-0.39, 0.29) is 28.8 Å². The number of nitrogens with one attached hydrogen (secondary N) is 1. The number of nitrogens with zero attached hydrogens (tertiary/aromatic N) is 2. The summed E-state index contributed by atoms with van der Waals surface area (Å²) in [5.74, 6) is 0.180. The second-order valence-electron chi connectivity index (χ2n) is 9.18. The van der Waals surface area contributed by atoms with E-state index in [1.165, 1.54) is 22.9 Å². The number of aromatic nitrogens is 2. The molecule has 6 nitrogen and oxygen atoms in total. The third-order valence-electron chi connectivity index (χ3n) is 7.26. The van der Waals surface area contributed by atoms with Crippen LogP contribution in [-0.4, -0.2) is 26.9 Å². The van der Waals surface area contributed by atoms with Crippen LogP contribution in [-0.2, 0) is 7.05 Å². The van der Waals surface area contributed by atoms with Crippen LogP contribution < -0.4 is 11.1 Å². The minimum absolute atomic E-state index is 0.0682. The van der Waals surface area contributed by atoms with Crippen molar-refractivity contribution < 1.29 is 14.3 Å². The van der Waals surface area contributed by atoms with Crippen molar-refractivity contribution in [2.75, 3.05) is 11.1 Å². The number of fused-ring (bicyclic) bond motifs is 1. The molecule has 2 saturated carbocycles. The number of amides is 1. The zero-order valence-electron chi connectivity index (χ0n) is 18.2. The first-order chi connectivity index (χ1) is 15.8. The fourth-order valence-electron chi connectivity index (χ4n) is 5.82. The zero-order chi connectivity index (χ0) is 23.3. The number of rotatable bonds is 4.